The van der Waals surface area contributed by atoms with Gasteiger partial charge in [0.25, 0.3) is 0 Å². The first-order valence-corrected chi connectivity index (χ1v) is 7.17. The number of aryl methyl sites for hydroxylation is 1. The summed E-state index contributed by atoms with van der Waals surface area (Å²) in [7, 11) is 0. The summed E-state index contributed by atoms with van der Waals surface area (Å²) < 4.78 is 10.3. The Morgan fingerprint density at radius 2 is 1.76 bits per heavy atom. The molecule has 112 valence electrons. The molecule has 0 N–H and O–H groups in total. The summed E-state index contributed by atoms with van der Waals surface area (Å²) in [6.07, 6.45) is 0. The summed E-state index contributed by atoms with van der Waals surface area (Å²) in [4.78, 5) is 24.6. The zero-order valence-corrected chi connectivity index (χ0v) is 12.9. The molecule has 1 aromatic carbocycles. The molecule has 2 rings (SSSR count). The molecule has 1 aliphatic rings. The van der Waals surface area contributed by atoms with Gasteiger partial charge in [-0.05, 0) is 50.0 Å². The van der Waals surface area contributed by atoms with E-state index in [1.165, 1.54) is 0 Å². The summed E-state index contributed by atoms with van der Waals surface area (Å²) in [5, 5.41) is 0. The molecular weight excluding hydrogens is 268 g/mol. The highest BCUT2D eigenvalue weighted by atomic mass is 16.5. The molecule has 0 fully saturated rings. The summed E-state index contributed by atoms with van der Waals surface area (Å²) in [5.41, 5.74) is 3.96. The van der Waals surface area contributed by atoms with Crippen molar-refractivity contribution >= 4 is 17.5 Å². The number of ether oxygens (including phenoxy) is 2. The number of benzene rings is 1. The molecule has 0 spiro atoms. The van der Waals surface area contributed by atoms with E-state index in [0.717, 1.165) is 22.3 Å². The molecular formula is C17H20O4. The second kappa shape index (κ2) is 6.12. The van der Waals surface area contributed by atoms with Gasteiger partial charge in [-0.3, -0.25) is 4.79 Å². The lowest BCUT2D eigenvalue weighted by atomic mass is 9.92. The fourth-order valence-electron chi connectivity index (χ4n) is 2.84. The first kappa shape index (κ1) is 15.3. The highest BCUT2D eigenvalue weighted by Gasteiger charge is 2.40. The van der Waals surface area contributed by atoms with Crippen molar-refractivity contribution < 1.29 is 19.1 Å². The maximum Gasteiger partial charge on any atom is 0.335 e. The van der Waals surface area contributed by atoms with Gasteiger partial charge in [0.2, 0.25) is 0 Å². The second-order valence-electron chi connectivity index (χ2n) is 4.98. The van der Waals surface area contributed by atoms with Gasteiger partial charge in [-0.2, -0.15) is 0 Å². The molecule has 4 nitrogen and oxygen atoms in total. The molecule has 4 heteroatoms. The number of carbonyl (C=O) groups excluding carboxylic acids is 2. The van der Waals surface area contributed by atoms with Crippen LogP contribution in [-0.2, 0) is 19.1 Å². The molecule has 1 aromatic rings. The Morgan fingerprint density at radius 1 is 1.10 bits per heavy atom. The van der Waals surface area contributed by atoms with Gasteiger partial charge in [0, 0.05) is 0 Å². The van der Waals surface area contributed by atoms with E-state index in [1.807, 2.05) is 32.0 Å². The minimum Gasteiger partial charge on any atom is -0.465 e. The quantitative estimate of drug-likeness (QED) is 0.799. The lowest BCUT2D eigenvalue weighted by Crippen LogP contribution is -2.22. The number of carbonyl (C=O) groups is 2. The fraction of sp³-hybridized carbons (Fsp3) is 0.412. The van der Waals surface area contributed by atoms with Crippen molar-refractivity contribution in [1.82, 2.24) is 0 Å². The van der Waals surface area contributed by atoms with E-state index in [4.69, 9.17) is 9.47 Å². The standard InChI is InChI=1S/C17H20O4/c1-5-20-16(18)14-11(4)12-9-7-8-10(3)13(12)15(14)17(19)21-6-2/h7-9,15H,5-6H2,1-4H3. The summed E-state index contributed by atoms with van der Waals surface area (Å²) >= 11 is 0. The summed E-state index contributed by atoms with van der Waals surface area (Å²) in [5.74, 6) is -1.52. The molecule has 1 aliphatic carbocycles. The van der Waals surface area contributed by atoms with Crippen molar-refractivity contribution in [2.24, 2.45) is 0 Å². The zero-order chi connectivity index (χ0) is 15.6. The van der Waals surface area contributed by atoms with E-state index in [-0.39, 0.29) is 13.2 Å². The number of allylic oxidation sites excluding steroid dienone is 1. The van der Waals surface area contributed by atoms with Crippen LogP contribution in [0.2, 0.25) is 0 Å². The number of hydrogen-bond acceptors (Lipinski definition) is 4. The van der Waals surface area contributed by atoms with Gasteiger partial charge in [0.1, 0.15) is 5.92 Å². The van der Waals surface area contributed by atoms with Crippen molar-refractivity contribution in [3.05, 3.63) is 40.5 Å². The third-order valence-electron chi connectivity index (χ3n) is 3.73. The maximum absolute atomic E-state index is 12.4. The zero-order valence-electron chi connectivity index (χ0n) is 12.9. The van der Waals surface area contributed by atoms with Crippen LogP contribution in [0.15, 0.2) is 23.8 Å². The Hall–Kier alpha value is -2.10. The molecule has 0 heterocycles. The number of rotatable bonds is 4. The van der Waals surface area contributed by atoms with Crippen LogP contribution in [0.1, 0.15) is 43.4 Å². The molecule has 0 saturated heterocycles. The minimum atomic E-state index is -0.680. The van der Waals surface area contributed by atoms with Crippen LogP contribution in [0.3, 0.4) is 0 Å². The average Bonchev–Trinajstić information content (AvgIpc) is 2.74. The van der Waals surface area contributed by atoms with Gasteiger partial charge < -0.3 is 9.47 Å². The molecule has 21 heavy (non-hydrogen) atoms. The van der Waals surface area contributed by atoms with Gasteiger partial charge >= 0.3 is 11.9 Å². The minimum absolute atomic E-state index is 0.278. The number of esters is 2. The Labute approximate surface area is 124 Å². The van der Waals surface area contributed by atoms with Crippen LogP contribution in [0.5, 0.6) is 0 Å². The lowest BCUT2D eigenvalue weighted by Gasteiger charge is -2.16. The summed E-state index contributed by atoms with van der Waals surface area (Å²) in [6, 6.07) is 5.79. The molecule has 0 aliphatic heterocycles. The van der Waals surface area contributed by atoms with Crippen molar-refractivity contribution in [2.75, 3.05) is 13.2 Å². The van der Waals surface area contributed by atoms with E-state index >= 15 is 0 Å². The van der Waals surface area contributed by atoms with E-state index in [1.54, 1.807) is 13.8 Å². The normalized spacial score (nSPS) is 16.7. The highest BCUT2D eigenvalue weighted by molar-refractivity contribution is 6.09. The van der Waals surface area contributed by atoms with E-state index in [0.29, 0.717) is 5.57 Å². The van der Waals surface area contributed by atoms with Gasteiger partial charge in [0.15, 0.2) is 0 Å². The third kappa shape index (κ3) is 2.58. The van der Waals surface area contributed by atoms with E-state index in [2.05, 4.69) is 0 Å². The van der Waals surface area contributed by atoms with Crippen LogP contribution in [0, 0.1) is 6.92 Å². The molecule has 1 atom stereocenters. The first-order valence-electron chi connectivity index (χ1n) is 7.17. The average molecular weight is 288 g/mol. The fourth-order valence-corrected chi connectivity index (χ4v) is 2.84. The number of hydrogen-bond donors (Lipinski definition) is 0. The Morgan fingerprint density at radius 3 is 2.38 bits per heavy atom. The smallest absolute Gasteiger partial charge is 0.335 e. The monoisotopic (exact) mass is 288 g/mol. The topological polar surface area (TPSA) is 52.6 Å². The van der Waals surface area contributed by atoms with Crippen LogP contribution >= 0.6 is 0 Å². The van der Waals surface area contributed by atoms with Gasteiger partial charge in [0.05, 0.1) is 18.8 Å². The lowest BCUT2D eigenvalue weighted by molar-refractivity contribution is -0.147. The Balaban J connectivity index is 2.57. The highest BCUT2D eigenvalue weighted by Crippen LogP contribution is 2.44. The molecule has 0 aromatic heterocycles. The molecule has 0 amide bonds. The van der Waals surface area contributed by atoms with Crippen molar-refractivity contribution in [1.29, 1.82) is 0 Å². The van der Waals surface area contributed by atoms with Gasteiger partial charge in [-0.25, -0.2) is 4.79 Å². The second-order valence-corrected chi connectivity index (χ2v) is 4.98. The predicted octanol–water partition coefficient (Wildman–Crippen LogP) is 2.99. The maximum atomic E-state index is 12.4. The first-order chi connectivity index (χ1) is 10.0. The Kier molecular flexibility index (Phi) is 4.46. The van der Waals surface area contributed by atoms with Gasteiger partial charge in [-0.1, -0.05) is 18.2 Å². The van der Waals surface area contributed by atoms with Crippen LogP contribution < -0.4 is 0 Å². The third-order valence-corrected chi connectivity index (χ3v) is 3.73. The van der Waals surface area contributed by atoms with Crippen LogP contribution in [0.25, 0.3) is 5.57 Å². The van der Waals surface area contributed by atoms with E-state index < -0.39 is 17.9 Å². The summed E-state index contributed by atoms with van der Waals surface area (Å²) in [6.45, 7) is 7.86. The van der Waals surface area contributed by atoms with Crippen molar-refractivity contribution in [3.8, 4) is 0 Å². The number of fused-ring (bicyclic) bond motifs is 1. The molecule has 0 bridgehead atoms. The van der Waals surface area contributed by atoms with Crippen molar-refractivity contribution in [3.63, 3.8) is 0 Å². The SMILES string of the molecule is CCOC(=O)C1=C(C)c2cccc(C)c2C1C(=O)OCC. The Bertz CT molecular complexity index is 613. The molecule has 0 radical (unpaired) electrons. The predicted molar refractivity (Wildman–Crippen MR) is 79.8 cm³/mol. The van der Waals surface area contributed by atoms with Crippen LogP contribution in [-0.4, -0.2) is 25.2 Å². The van der Waals surface area contributed by atoms with E-state index in [9.17, 15) is 9.59 Å². The van der Waals surface area contributed by atoms with Crippen molar-refractivity contribution in [2.45, 2.75) is 33.6 Å². The molecule has 1 unspecified atom stereocenters. The van der Waals surface area contributed by atoms with Crippen LogP contribution in [0.4, 0.5) is 0 Å². The largest absolute Gasteiger partial charge is 0.465 e. The molecule has 0 saturated carbocycles. The van der Waals surface area contributed by atoms with Gasteiger partial charge in [-0.15, -0.1) is 0 Å².